The van der Waals surface area contributed by atoms with Crippen molar-refractivity contribution >= 4 is 17.4 Å². The maximum atomic E-state index is 12.7. The Morgan fingerprint density at radius 2 is 1.90 bits per heavy atom. The van der Waals surface area contributed by atoms with Crippen LogP contribution in [0.4, 0.5) is 0 Å². The van der Waals surface area contributed by atoms with Gasteiger partial charge in [-0.1, -0.05) is 11.6 Å². The van der Waals surface area contributed by atoms with Gasteiger partial charge in [0.15, 0.2) is 11.5 Å². The van der Waals surface area contributed by atoms with E-state index in [1.54, 1.807) is 30.0 Å². The molecule has 21 heavy (non-hydrogen) atoms. The maximum Gasteiger partial charge on any atom is 0.212 e. The fourth-order valence-corrected chi connectivity index (χ4v) is 2.28. The van der Waals surface area contributed by atoms with Crippen LogP contribution in [0.2, 0.25) is 5.02 Å². The Morgan fingerprint density at radius 3 is 2.48 bits per heavy atom. The fraction of sp³-hybridized carbons (Fsp3) is 0.333. The molecule has 0 bridgehead atoms. The Labute approximate surface area is 128 Å². The molecular weight excluding hydrogens is 292 g/mol. The Bertz CT molecular complexity index is 665. The third-order valence-electron chi connectivity index (χ3n) is 3.10. The lowest BCUT2D eigenvalue weighted by molar-refractivity contribution is 0.102. The molecule has 1 aromatic heterocycles. The monoisotopic (exact) mass is 308 g/mol. The van der Waals surface area contributed by atoms with Gasteiger partial charge in [0.05, 0.1) is 25.4 Å². The van der Waals surface area contributed by atoms with Crippen LogP contribution in [0.5, 0.6) is 11.5 Å². The average molecular weight is 309 g/mol. The van der Waals surface area contributed by atoms with E-state index in [1.807, 2.05) is 13.8 Å². The molecule has 0 atom stereocenters. The average Bonchev–Trinajstić information content (AvgIpc) is 2.87. The first-order valence-electron chi connectivity index (χ1n) is 6.49. The molecule has 0 amide bonds. The molecule has 0 radical (unpaired) electrons. The van der Waals surface area contributed by atoms with Crippen molar-refractivity contribution in [2.24, 2.45) is 0 Å². The van der Waals surface area contributed by atoms with Crippen molar-refractivity contribution < 1.29 is 14.3 Å². The zero-order valence-electron chi connectivity index (χ0n) is 12.4. The van der Waals surface area contributed by atoms with E-state index in [9.17, 15) is 4.79 Å². The first-order valence-corrected chi connectivity index (χ1v) is 6.87. The number of hydrogen-bond donors (Lipinski definition) is 0. The van der Waals surface area contributed by atoms with E-state index < -0.39 is 0 Å². The molecule has 2 aromatic rings. The van der Waals surface area contributed by atoms with E-state index in [1.165, 1.54) is 13.3 Å². The maximum absolute atomic E-state index is 12.7. The zero-order chi connectivity index (χ0) is 15.6. The quantitative estimate of drug-likeness (QED) is 0.795. The molecule has 0 aliphatic heterocycles. The number of carbonyl (C=O) groups excluding carboxylic acids is 1. The fourth-order valence-electron chi connectivity index (χ4n) is 2.06. The summed E-state index contributed by atoms with van der Waals surface area (Å²) in [6.07, 6.45) is 1.48. The third kappa shape index (κ3) is 2.88. The van der Waals surface area contributed by atoms with E-state index in [-0.39, 0.29) is 11.8 Å². The van der Waals surface area contributed by atoms with E-state index in [0.29, 0.717) is 27.8 Å². The summed E-state index contributed by atoms with van der Waals surface area (Å²) in [5.41, 5.74) is 0.843. The van der Waals surface area contributed by atoms with Gasteiger partial charge in [-0.25, -0.2) is 0 Å². The lowest BCUT2D eigenvalue weighted by atomic mass is 10.1. The summed E-state index contributed by atoms with van der Waals surface area (Å²) >= 11 is 6.11. The molecule has 5 nitrogen and oxygen atoms in total. The highest BCUT2D eigenvalue weighted by atomic mass is 35.5. The van der Waals surface area contributed by atoms with Gasteiger partial charge in [-0.05, 0) is 32.0 Å². The largest absolute Gasteiger partial charge is 0.493 e. The summed E-state index contributed by atoms with van der Waals surface area (Å²) in [7, 11) is 3.07. The molecule has 0 spiro atoms. The van der Waals surface area contributed by atoms with Crippen molar-refractivity contribution in [2.45, 2.75) is 19.9 Å². The number of carbonyl (C=O) groups is 1. The minimum atomic E-state index is -0.202. The molecule has 1 aromatic carbocycles. The van der Waals surface area contributed by atoms with Gasteiger partial charge in [0.25, 0.3) is 0 Å². The molecule has 0 unspecified atom stereocenters. The zero-order valence-corrected chi connectivity index (χ0v) is 13.1. The second-order valence-corrected chi connectivity index (χ2v) is 5.19. The second kappa shape index (κ2) is 6.18. The van der Waals surface area contributed by atoms with Crippen LogP contribution in [-0.2, 0) is 0 Å². The molecule has 2 rings (SSSR count). The van der Waals surface area contributed by atoms with Crippen LogP contribution in [0.25, 0.3) is 0 Å². The number of ether oxygens (including phenoxy) is 2. The minimum absolute atomic E-state index is 0.0385. The molecule has 1 heterocycles. The van der Waals surface area contributed by atoms with Crippen molar-refractivity contribution in [3.05, 3.63) is 40.7 Å². The highest BCUT2D eigenvalue weighted by Gasteiger charge is 2.21. The van der Waals surface area contributed by atoms with Gasteiger partial charge in [0, 0.05) is 11.6 Å². The van der Waals surface area contributed by atoms with E-state index >= 15 is 0 Å². The number of benzene rings is 1. The summed E-state index contributed by atoms with van der Waals surface area (Å²) in [6, 6.07) is 5.04. The molecule has 0 saturated carbocycles. The van der Waals surface area contributed by atoms with Crippen LogP contribution < -0.4 is 9.47 Å². The molecule has 0 aliphatic carbocycles. The van der Waals surface area contributed by atoms with E-state index in [0.717, 1.165) is 0 Å². The van der Waals surface area contributed by atoms with Gasteiger partial charge in [-0.3, -0.25) is 9.48 Å². The van der Waals surface area contributed by atoms with Gasteiger partial charge in [-0.2, -0.15) is 5.10 Å². The normalized spacial score (nSPS) is 10.8. The topological polar surface area (TPSA) is 53.3 Å². The standard InChI is InChI=1S/C15H17ClN2O3/c1-9(2)18-14(11(16)8-17-18)15(19)10-5-6-12(20-3)13(7-10)21-4/h5-9H,1-4H3. The van der Waals surface area contributed by atoms with Gasteiger partial charge < -0.3 is 9.47 Å². The van der Waals surface area contributed by atoms with Crippen LogP contribution in [0.1, 0.15) is 35.9 Å². The number of ketones is 1. The number of aromatic nitrogens is 2. The van der Waals surface area contributed by atoms with Crippen LogP contribution in [0.15, 0.2) is 24.4 Å². The third-order valence-corrected chi connectivity index (χ3v) is 3.38. The number of rotatable bonds is 5. The van der Waals surface area contributed by atoms with Crippen LogP contribution in [-0.4, -0.2) is 29.8 Å². The van der Waals surface area contributed by atoms with Gasteiger partial charge >= 0.3 is 0 Å². The van der Waals surface area contributed by atoms with Crippen LogP contribution >= 0.6 is 11.6 Å². The number of methoxy groups -OCH3 is 2. The summed E-state index contributed by atoms with van der Waals surface area (Å²) in [5.74, 6) is 0.861. The molecular formula is C15H17ClN2O3. The van der Waals surface area contributed by atoms with Gasteiger partial charge in [0.2, 0.25) is 5.78 Å². The predicted molar refractivity (Wildman–Crippen MR) is 80.6 cm³/mol. The smallest absolute Gasteiger partial charge is 0.212 e. The van der Waals surface area contributed by atoms with E-state index in [2.05, 4.69) is 5.10 Å². The van der Waals surface area contributed by atoms with Crippen LogP contribution in [0, 0.1) is 0 Å². The first-order chi connectivity index (χ1) is 9.99. The van der Waals surface area contributed by atoms with Crippen molar-refractivity contribution in [1.82, 2.24) is 9.78 Å². The Balaban J connectivity index is 2.48. The Morgan fingerprint density at radius 1 is 1.24 bits per heavy atom. The van der Waals surface area contributed by atoms with Crippen molar-refractivity contribution in [2.75, 3.05) is 14.2 Å². The molecule has 0 fully saturated rings. The number of hydrogen-bond acceptors (Lipinski definition) is 4. The Kier molecular flexibility index (Phi) is 4.53. The summed E-state index contributed by atoms with van der Waals surface area (Å²) < 4.78 is 12.0. The first kappa shape index (κ1) is 15.4. The molecule has 112 valence electrons. The molecule has 6 heteroatoms. The van der Waals surface area contributed by atoms with Crippen molar-refractivity contribution in [1.29, 1.82) is 0 Å². The lowest BCUT2D eigenvalue weighted by Crippen LogP contribution is -2.14. The highest BCUT2D eigenvalue weighted by Crippen LogP contribution is 2.30. The van der Waals surface area contributed by atoms with Crippen molar-refractivity contribution in [3.8, 4) is 11.5 Å². The predicted octanol–water partition coefficient (Wildman–Crippen LogP) is 3.37. The summed E-state index contributed by atoms with van der Waals surface area (Å²) in [6.45, 7) is 3.88. The molecule has 0 saturated heterocycles. The van der Waals surface area contributed by atoms with Crippen LogP contribution in [0.3, 0.4) is 0 Å². The molecule has 0 N–H and O–H groups in total. The van der Waals surface area contributed by atoms with Gasteiger partial charge in [0.1, 0.15) is 5.69 Å². The SMILES string of the molecule is COc1ccc(C(=O)c2c(Cl)cnn2C(C)C)cc1OC. The van der Waals surface area contributed by atoms with Crippen molar-refractivity contribution in [3.63, 3.8) is 0 Å². The lowest BCUT2D eigenvalue weighted by Gasteiger charge is -2.12. The minimum Gasteiger partial charge on any atom is -0.493 e. The summed E-state index contributed by atoms with van der Waals surface area (Å²) in [4.78, 5) is 12.7. The second-order valence-electron chi connectivity index (χ2n) is 4.78. The number of nitrogens with zero attached hydrogens (tertiary/aromatic N) is 2. The number of halogens is 1. The summed E-state index contributed by atoms with van der Waals surface area (Å²) in [5, 5.41) is 4.48. The Hall–Kier alpha value is -2.01. The van der Waals surface area contributed by atoms with Gasteiger partial charge in [-0.15, -0.1) is 0 Å². The highest BCUT2D eigenvalue weighted by molar-refractivity contribution is 6.34. The molecule has 0 aliphatic rings. The van der Waals surface area contributed by atoms with E-state index in [4.69, 9.17) is 21.1 Å².